The first-order valence-electron chi connectivity index (χ1n) is 5.30. The standard InChI is InChI=1S/C11H15NO2/c1-5-12-11(3-7-13-8-4-11)9-2-6-14-10(1)9/h2,6,12H,1,3-5,7-8H2. The molecule has 1 saturated heterocycles. The lowest BCUT2D eigenvalue weighted by atomic mass is 9.80. The second-order valence-corrected chi connectivity index (χ2v) is 4.13. The third-order valence-corrected chi connectivity index (χ3v) is 3.42. The second-order valence-electron chi connectivity index (χ2n) is 4.13. The highest BCUT2D eigenvalue weighted by molar-refractivity contribution is 5.30. The first kappa shape index (κ1) is 8.50. The van der Waals surface area contributed by atoms with Crippen LogP contribution in [-0.2, 0) is 16.7 Å². The van der Waals surface area contributed by atoms with Crippen molar-refractivity contribution in [2.45, 2.75) is 24.8 Å². The van der Waals surface area contributed by atoms with Gasteiger partial charge in [-0.25, -0.2) is 0 Å². The van der Waals surface area contributed by atoms with Crippen LogP contribution in [0.2, 0.25) is 0 Å². The Labute approximate surface area is 83.4 Å². The van der Waals surface area contributed by atoms with E-state index in [2.05, 4.69) is 11.4 Å². The second kappa shape index (κ2) is 3.11. The van der Waals surface area contributed by atoms with Crippen LogP contribution in [0, 0.1) is 0 Å². The maximum atomic E-state index is 5.50. The lowest BCUT2D eigenvalue weighted by molar-refractivity contribution is 0.0332. The molecule has 0 aromatic carbocycles. The maximum absolute atomic E-state index is 5.50. The summed E-state index contributed by atoms with van der Waals surface area (Å²) >= 11 is 0. The van der Waals surface area contributed by atoms with E-state index in [4.69, 9.17) is 9.15 Å². The van der Waals surface area contributed by atoms with Gasteiger partial charge < -0.3 is 14.5 Å². The van der Waals surface area contributed by atoms with E-state index in [9.17, 15) is 0 Å². The Kier molecular flexibility index (Phi) is 1.89. The molecule has 3 nitrogen and oxygen atoms in total. The highest BCUT2D eigenvalue weighted by atomic mass is 16.5. The van der Waals surface area contributed by atoms with Crippen LogP contribution in [0.4, 0.5) is 0 Å². The Morgan fingerprint density at radius 2 is 2.14 bits per heavy atom. The molecule has 3 heteroatoms. The minimum Gasteiger partial charge on any atom is -0.469 e. The van der Waals surface area contributed by atoms with E-state index < -0.39 is 0 Å². The molecule has 1 spiro atoms. The van der Waals surface area contributed by atoms with Crippen LogP contribution in [0.5, 0.6) is 0 Å². The molecule has 2 aliphatic heterocycles. The molecule has 14 heavy (non-hydrogen) atoms. The van der Waals surface area contributed by atoms with E-state index in [0.29, 0.717) is 0 Å². The van der Waals surface area contributed by atoms with Crippen molar-refractivity contribution in [1.82, 2.24) is 5.32 Å². The zero-order valence-corrected chi connectivity index (χ0v) is 8.21. The van der Waals surface area contributed by atoms with Crippen molar-refractivity contribution >= 4 is 0 Å². The summed E-state index contributed by atoms with van der Waals surface area (Å²) in [4.78, 5) is 0. The SMILES string of the molecule is c1cc2c(o1)CCNC21CCOCC1. The zero-order chi connectivity index (χ0) is 9.43. The van der Waals surface area contributed by atoms with Gasteiger partial charge in [-0.05, 0) is 18.9 Å². The molecule has 0 atom stereocenters. The molecule has 0 amide bonds. The molecule has 0 bridgehead atoms. The van der Waals surface area contributed by atoms with Gasteiger partial charge in [0.2, 0.25) is 0 Å². The van der Waals surface area contributed by atoms with E-state index in [1.807, 2.05) is 6.26 Å². The zero-order valence-electron chi connectivity index (χ0n) is 8.21. The fourth-order valence-corrected chi connectivity index (χ4v) is 2.64. The molecular formula is C11H15NO2. The molecule has 1 aromatic rings. The molecule has 1 aromatic heterocycles. The number of hydrogen-bond acceptors (Lipinski definition) is 3. The summed E-state index contributed by atoms with van der Waals surface area (Å²) in [5, 5.41) is 3.64. The predicted molar refractivity (Wildman–Crippen MR) is 52.1 cm³/mol. The van der Waals surface area contributed by atoms with Gasteiger partial charge in [-0.1, -0.05) is 0 Å². The maximum Gasteiger partial charge on any atom is 0.110 e. The number of furan rings is 1. The molecule has 1 N–H and O–H groups in total. The summed E-state index contributed by atoms with van der Waals surface area (Å²) in [6.07, 6.45) is 4.97. The summed E-state index contributed by atoms with van der Waals surface area (Å²) in [5.41, 5.74) is 1.52. The van der Waals surface area contributed by atoms with Crippen LogP contribution in [0.3, 0.4) is 0 Å². The van der Waals surface area contributed by atoms with Gasteiger partial charge in [-0.15, -0.1) is 0 Å². The molecule has 3 rings (SSSR count). The first-order valence-corrected chi connectivity index (χ1v) is 5.30. The van der Waals surface area contributed by atoms with Crippen molar-refractivity contribution in [3.05, 3.63) is 23.7 Å². The highest BCUT2D eigenvalue weighted by Gasteiger charge is 2.39. The van der Waals surface area contributed by atoms with E-state index in [1.165, 1.54) is 11.3 Å². The Morgan fingerprint density at radius 1 is 1.29 bits per heavy atom. The van der Waals surface area contributed by atoms with Crippen molar-refractivity contribution in [3.63, 3.8) is 0 Å². The smallest absolute Gasteiger partial charge is 0.110 e. The molecular weight excluding hydrogens is 178 g/mol. The van der Waals surface area contributed by atoms with Gasteiger partial charge in [-0.3, -0.25) is 0 Å². The fourth-order valence-electron chi connectivity index (χ4n) is 2.64. The van der Waals surface area contributed by atoms with Crippen LogP contribution in [-0.4, -0.2) is 19.8 Å². The molecule has 0 saturated carbocycles. The van der Waals surface area contributed by atoms with Crippen LogP contribution in [0.1, 0.15) is 24.2 Å². The van der Waals surface area contributed by atoms with Crippen molar-refractivity contribution in [3.8, 4) is 0 Å². The van der Waals surface area contributed by atoms with Crippen molar-refractivity contribution in [2.75, 3.05) is 19.8 Å². The number of nitrogens with one attached hydrogen (secondary N) is 1. The third kappa shape index (κ3) is 1.12. The van der Waals surface area contributed by atoms with Crippen LogP contribution in [0.15, 0.2) is 16.7 Å². The number of ether oxygens (including phenoxy) is 1. The minimum atomic E-state index is 0.152. The van der Waals surface area contributed by atoms with E-state index in [0.717, 1.165) is 39.0 Å². The summed E-state index contributed by atoms with van der Waals surface area (Å²) in [7, 11) is 0. The average molecular weight is 193 g/mol. The Morgan fingerprint density at radius 3 is 3.00 bits per heavy atom. The predicted octanol–water partition coefficient (Wildman–Crippen LogP) is 1.43. The highest BCUT2D eigenvalue weighted by Crippen LogP contribution is 2.37. The molecule has 0 unspecified atom stereocenters. The largest absolute Gasteiger partial charge is 0.469 e. The molecule has 76 valence electrons. The average Bonchev–Trinajstić information content (AvgIpc) is 2.69. The third-order valence-electron chi connectivity index (χ3n) is 3.42. The van der Waals surface area contributed by atoms with Gasteiger partial charge in [0.25, 0.3) is 0 Å². The minimum absolute atomic E-state index is 0.152. The topological polar surface area (TPSA) is 34.4 Å². The Bertz CT molecular complexity index is 326. The lowest BCUT2D eigenvalue weighted by Crippen LogP contribution is -2.50. The van der Waals surface area contributed by atoms with Crippen LogP contribution >= 0.6 is 0 Å². The normalized spacial score (nSPS) is 24.9. The quantitative estimate of drug-likeness (QED) is 0.677. The number of rotatable bonds is 0. The summed E-state index contributed by atoms with van der Waals surface area (Å²) in [6, 6.07) is 2.12. The fraction of sp³-hybridized carbons (Fsp3) is 0.636. The van der Waals surface area contributed by atoms with Crippen molar-refractivity contribution in [2.24, 2.45) is 0 Å². The molecule has 2 aliphatic rings. The van der Waals surface area contributed by atoms with E-state index >= 15 is 0 Å². The van der Waals surface area contributed by atoms with Crippen LogP contribution in [0.25, 0.3) is 0 Å². The monoisotopic (exact) mass is 193 g/mol. The molecule has 0 aliphatic carbocycles. The molecule has 1 fully saturated rings. The summed E-state index contributed by atoms with van der Waals surface area (Å²) in [5.74, 6) is 1.17. The van der Waals surface area contributed by atoms with Gasteiger partial charge in [0.15, 0.2) is 0 Å². The van der Waals surface area contributed by atoms with Crippen molar-refractivity contribution in [1.29, 1.82) is 0 Å². The van der Waals surface area contributed by atoms with Gasteiger partial charge in [0, 0.05) is 31.7 Å². The Balaban J connectivity index is 2.01. The van der Waals surface area contributed by atoms with Gasteiger partial charge >= 0.3 is 0 Å². The summed E-state index contributed by atoms with van der Waals surface area (Å²) < 4.78 is 10.9. The lowest BCUT2D eigenvalue weighted by Gasteiger charge is -2.40. The van der Waals surface area contributed by atoms with Gasteiger partial charge in [-0.2, -0.15) is 0 Å². The van der Waals surface area contributed by atoms with Crippen molar-refractivity contribution < 1.29 is 9.15 Å². The number of hydrogen-bond donors (Lipinski definition) is 1. The molecule has 3 heterocycles. The Hall–Kier alpha value is -0.800. The summed E-state index contributed by atoms with van der Waals surface area (Å²) in [6.45, 7) is 2.75. The van der Waals surface area contributed by atoms with Gasteiger partial charge in [0.05, 0.1) is 11.8 Å². The number of fused-ring (bicyclic) bond motifs is 2. The van der Waals surface area contributed by atoms with E-state index in [-0.39, 0.29) is 5.54 Å². The van der Waals surface area contributed by atoms with E-state index in [1.54, 1.807) is 0 Å². The molecule has 0 radical (unpaired) electrons. The van der Waals surface area contributed by atoms with Crippen LogP contribution < -0.4 is 5.32 Å². The first-order chi connectivity index (χ1) is 6.91. The van der Waals surface area contributed by atoms with Gasteiger partial charge in [0.1, 0.15) is 5.76 Å².